The van der Waals surface area contributed by atoms with Gasteiger partial charge in [-0.3, -0.25) is 4.79 Å². The lowest BCUT2D eigenvalue weighted by atomic mass is 10.0. The van der Waals surface area contributed by atoms with Crippen molar-refractivity contribution in [3.63, 3.8) is 0 Å². The summed E-state index contributed by atoms with van der Waals surface area (Å²) in [5.41, 5.74) is 0.576. The van der Waals surface area contributed by atoms with Gasteiger partial charge in [0.1, 0.15) is 5.83 Å². The number of carbonyl (C=O) groups excluding carboxylic acids is 1. The van der Waals surface area contributed by atoms with E-state index in [0.29, 0.717) is 12.0 Å². The molecule has 0 unspecified atom stereocenters. The number of hydrogen-bond acceptors (Lipinski definition) is 3. The van der Waals surface area contributed by atoms with Gasteiger partial charge >= 0.3 is 0 Å². The number of hydrogen-bond donors (Lipinski definition) is 0. The number of halogens is 2. The van der Waals surface area contributed by atoms with Crippen molar-refractivity contribution in [2.24, 2.45) is 0 Å². The van der Waals surface area contributed by atoms with Crippen LogP contribution in [0.4, 0.5) is 4.39 Å². The van der Waals surface area contributed by atoms with Gasteiger partial charge in [-0.15, -0.1) is 23.5 Å². The fourth-order valence-electron chi connectivity index (χ4n) is 1.26. The van der Waals surface area contributed by atoms with Crippen LogP contribution in [0.1, 0.15) is 26.7 Å². The molecule has 0 aromatic rings. The first-order valence-electron chi connectivity index (χ1n) is 5.67. The van der Waals surface area contributed by atoms with Crippen molar-refractivity contribution in [1.29, 1.82) is 0 Å². The first kappa shape index (κ1) is 17.8. The standard InChI is InChI=1S/C11H12ClFOS2.C2H6/c1-15-11(16-2)6-10(14)7-3-4-9(13)8(12)5-7;1-2/h5-6H,3-4H2,1-2H3;1-2H3. The van der Waals surface area contributed by atoms with Gasteiger partial charge in [0.2, 0.25) is 0 Å². The Hall–Kier alpha value is -0.190. The van der Waals surface area contributed by atoms with Gasteiger partial charge in [-0.05, 0) is 25.0 Å². The van der Waals surface area contributed by atoms with E-state index in [2.05, 4.69) is 0 Å². The summed E-state index contributed by atoms with van der Waals surface area (Å²) in [6.45, 7) is 4.00. The minimum Gasteiger partial charge on any atom is -0.290 e. The lowest BCUT2D eigenvalue weighted by Gasteiger charge is -2.10. The highest BCUT2D eigenvalue weighted by Crippen LogP contribution is 2.29. The van der Waals surface area contributed by atoms with Crippen LogP contribution < -0.4 is 0 Å². The molecule has 0 bridgehead atoms. The van der Waals surface area contributed by atoms with E-state index in [4.69, 9.17) is 11.6 Å². The van der Waals surface area contributed by atoms with Crippen LogP contribution in [0.25, 0.3) is 0 Å². The van der Waals surface area contributed by atoms with Crippen LogP contribution in [0.3, 0.4) is 0 Å². The molecule has 0 aromatic heterocycles. The van der Waals surface area contributed by atoms with Gasteiger partial charge in [0.25, 0.3) is 0 Å². The lowest BCUT2D eigenvalue weighted by Crippen LogP contribution is -2.03. The van der Waals surface area contributed by atoms with Crippen molar-refractivity contribution in [3.8, 4) is 0 Å². The molecule has 0 atom stereocenters. The van der Waals surface area contributed by atoms with Gasteiger partial charge < -0.3 is 0 Å². The zero-order chi connectivity index (χ0) is 14.1. The second-order valence-electron chi connectivity index (χ2n) is 3.16. The third-order valence-electron chi connectivity index (χ3n) is 2.14. The smallest absolute Gasteiger partial charge is 0.183 e. The Kier molecular flexibility index (Phi) is 9.60. The maximum atomic E-state index is 13.0. The minimum atomic E-state index is -0.336. The zero-order valence-corrected chi connectivity index (χ0v) is 13.4. The van der Waals surface area contributed by atoms with Gasteiger partial charge in [-0.2, -0.15) is 0 Å². The number of thioether (sulfide) groups is 2. The number of allylic oxidation sites excluding steroid dienone is 5. The first-order valence-corrected chi connectivity index (χ1v) is 8.50. The number of carbonyl (C=O) groups is 1. The lowest BCUT2D eigenvalue weighted by molar-refractivity contribution is -0.111. The SMILES string of the molecule is CC.CSC(=CC(=O)C1=CC(Cl)=C(F)CC1)SC. The predicted molar refractivity (Wildman–Crippen MR) is 82.8 cm³/mol. The molecule has 0 spiro atoms. The van der Waals surface area contributed by atoms with Gasteiger partial charge in [-0.25, -0.2) is 4.39 Å². The third-order valence-corrected chi connectivity index (χ3v) is 4.50. The van der Waals surface area contributed by atoms with Crippen LogP contribution in [-0.4, -0.2) is 18.3 Å². The van der Waals surface area contributed by atoms with Crippen molar-refractivity contribution in [2.45, 2.75) is 26.7 Å². The largest absolute Gasteiger partial charge is 0.290 e. The van der Waals surface area contributed by atoms with E-state index in [1.165, 1.54) is 29.6 Å². The maximum absolute atomic E-state index is 13.0. The van der Waals surface area contributed by atoms with E-state index in [1.54, 1.807) is 6.08 Å². The highest BCUT2D eigenvalue weighted by Gasteiger charge is 2.16. The second kappa shape index (κ2) is 9.70. The van der Waals surface area contributed by atoms with Crippen LogP contribution in [0.2, 0.25) is 0 Å². The van der Waals surface area contributed by atoms with Crippen molar-refractivity contribution in [3.05, 3.63) is 32.8 Å². The summed E-state index contributed by atoms with van der Waals surface area (Å²) in [5, 5.41) is 0.0536. The molecule has 0 radical (unpaired) electrons. The van der Waals surface area contributed by atoms with Crippen molar-refractivity contribution < 1.29 is 9.18 Å². The molecule has 1 nitrogen and oxygen atoms in total. The molecule has 0 aromatic carbocycles. The Morgan fingerprint density at radius 3 is 2.33 bits per heavy atom. The highest BCUT2D eigenvalue weighted by molar-refractivity contribution is 8.21. The van der Waals surface area contributed by atoms with Gasteiger partial charge in [0.15, 0.2) is 5.78 Å². The van der Waals surface area contributed by atoms with E-state index in [0.717, 1.165) is 4.24 Å². The summed E-state index contributed by atoms with van der Waals surface area (Å²) in [5.74, 6) is -0.415. The quantitative estimate of drug-likeness (QED) is 0.657. The van der Waals surface area contributed by atoms with Crippen LogP contribution >= 0.6 is 35.1 Å². The summed E-state index contributed by atoms with van der Waals surface area (Å²) < 4.78 is 13.9. The zero-order valence-electron chi connectivity index (χ0n) is 11.0. The summed E-state index contributed by atoms with van der Waals surface area (Å²) in [6, 6.07) is 0. The van der Waals surface area contributed by atoms with Crippen molar-refractivity contribution >= 4 is 40.9 Å². The number of ketones is 1. The Bertz CT molecular complexity index is 380. The molecule has 0 heterocycles. The van der Waals surface area contributed by atoms with Gasteiger partial charge in [0, 0.05) is 22.3 Å². The van der Waals surface area contributed by atoms with Gasteiger partial charge in [-0.1, -0.05) is 25.4 Å². The fourth-order valence-corrected chi connectivity index (χ4v) is 2.61. The van der Waals surface area contributed by atoms with E-state index in [9.17, 15) is 9.18 Å². The summed E-state index contributed by atoms with van der Waals surface area (Å²) >= 11 is 8.70. The molecule has 0 saturated carbocycles. The molecule has 0 fully saturated rings. The minimum absolute atomic E-state index is 0.0536. The Balaban J connectivity index is 0.00000137. The normalized spacial score (nSPS) is 14.4. The van der Waals surface area contributed by atoms with E-state index in [1.807, 2.05) is 26.4 Å². The van der Waals surface area contributed by atoms with E-state index < -0.39 is 0 Å². The van der Waals surface area contributed by atoms with Crippen LogP contribution in [-0.2, 0) is 4.79 Å². The molecule has 1 aliphatic carbocycles. The van der Waals surface area contributed by atoms with Crippen molar-refractivity contribution in [1.82, 2.24) is 0 Å². The number of rotatable bonds is 4. The Labute approximate surface area is 122 Å². The topological polar surface area (TPSA) is 17.1 Å². The van der Waals surface area contributed by atoms with Crippen molar-refractivity contribution in [2.75, 3.05) is 12.5 Å². The molecule has 1 rings (SSSR count). The molecule has 1 aliphatic rings. The molecular formula is C13H18ClFOS2. The van der Waals surface area contributed by atoms with Crippen LogP contribution in [0.15, 0.2) is 32.8 Å². The molecule has 5 heteroatoms. The molecule has 102 valence electrons. The molecule has 0 N–H and O–H groups in total. The van der Waals surface area contributed by atoms with Crippen LogP contribution in [0.5, 0.6) is 0 Å². The molecule has 18 heavy (non-hydrogen) atoms. The second-order valence-corrected chi connectivity index (χ2v) is 5.52. The predicted octanol–water partition coefficient (Wildman–Crippen LogP) is 5.29. The summed E-state index contributed by atoms with van der Waals surface area (Å²) in [6.07, 6.45) is 7.48. The highest BCUT2D eigenvalue weighted by atomic mass is 35.5. The maximum Gasteiger partial charge on any atom is 0.183 e. The van der Waals surface area contributed by atoms with Gasteiger partial charge in [0.05, 0.1) is 5.03 Å². The summed E-state index contributed by atoms with van der Waals surface area (Å²) in [4.78, 5) is 11.8. The monoisotopic (exact) mass is 308 g/mol. The average Bonchev–Trinajstić information content (AvgIpc) is 2.41. The van der Waals surface area contributed by atoms with E-state index in [-0.39, 0.29) is 23.1 Å². The third kappa shape index (κ3) is 5.63. The molecule has 0 saturated heterocycles. The molecule has 0 aliphatic heterocycles. The fraction of sp³-hybridized carbons (Fsp3) is 0.462. The average molecular weight is 309 g/mol. The van der Waals surface area contributed by atoms with Crippen LogP contribution in [0, 0.1) is 0 Å². The first-order chi connectivity index (χ1) is 8.58. The van der Waals surface area contributed by atoms with E-state index >= 15 is 0 Å². The molecular weight excluding hydrogens is 291 g/mol. The Morgan fingerprint density at radius 2 is 1.89 bits per heavy atom. The molecule has 0 amide bonds. The summed E-state index contributed by atoms with van der Waals surface area (Å²) in [7, 11) is 0. The Morgan fingerprint density at radius 1 is 1.33 bits per heavy atom.